The Morgan fingerprint density at radius 1 is 1.21 bits per heavy atom. The molecule has 1 atom stereocenters. The van der Waals surface area contributed by atoms with Crippen molar-refractivity contribution in [2.45, 2.75) is 53.9 Å². The third-order valence-corrected chi connectivity index (χ3v) is 2.44. The van der Waals surface area contributed by atoms with Crippen LogP contribution in [0.2, 0.25) is 0 Å². The zero-order chi connectivity index (χ0) is 11.4. The summed E-state index contributed by atoms with van der Waals surface area (Å²) in [6, 6.07) is 0. The van der Waals surface area contributed by atoms with E-state index in [0.717, 1.165) is 12.8 Å². The Labute approximate surface area is 87.1 Å². The van der Waals surface area contributed by atoms with Crippen molar-refractivity contribution in [2.75, 3.05) is 0 Å². The van der Waals surface area contributed by atoms with Crippen LogP contribution in [0.15, 0.2) is 0 Å². The van der Waals surface area contributed by atoms with Gasteiger partial charge in [0, 0.05) is 11.3 Å². The van der Waals surface area contributed by atoms with Gasteiger partial charge in [-0.3, -0.25) is 9.59 Å². The van der Waals surface area contributed by atoms with Crippen LogP contribution in [0, 0.1) is 11.3 Å². The summed E-state index contributed by atoms with van der Waals surface area (Å²) in [6.45, 7) is 9.52. The molecule has 0 amide bonds. The minimum atomic E-state index is -0.387. The van der Waals surface area contributed by atoms with Crippen LogP contribution in [-0.4, -0.2) is 11.6 Å². The van der Waals surface area contributed by atoms with Crippen molar-refractivity contribution in [1.82, 2.24) is 0 Å². The molecular weight excluding hydrogens is 176 g/mol. The van der Waals surface area contributed by atoms with E-state index in [1.54, 1.807) is 0 Å². The average Bonchev–Trinajstić information content (AvgIpc) is 2.02. The molecule has 0 aliphatic rings. The van der Waals surface area contributed by atoms with Crippen molar-refractivity contribution >= 4 is 11.6 Å². The first kappa shape index (κ1) is 13.3. The molecular formula is C12H22O2. The number of rotatable bonds is 5. The zero-order valence-electron chi connectivity index (χ0n) is 10.0. The summed E-state index contributed by atoms with van der Waals surface area (Å²) in [5.74, 6) is 0.170. The summed E-state index contributed by atoms with van der Waals surface area (Å²) in [5.41, 5.74) is -0.387. The topological polar surface area (TPSA) is 34.1 Å². The van der Waals surface area contributed by atoms with E-state index in [9.17, 15) is 9.59 Å². The highest BCUT2D eigenvalue weighted by Gasteiger charge is 2.25. The fourth-order valence-corrected chi connectivity index (χ4v) is 1.19. The maximum atomic E-state index is 11.6. The molecule has 0 rings (SSSR count). The second-order valence-electron chi connectivity index (χ2n) is 5.01. The summed E-state index contributed by atoms with van der Waals surface area (Å²) in [5, 5.41) is 0. The quantitative estimate of drug-likeness (QED) is 0.636. The van der Waals surface area contributed by atoms with Crippen molar-refractivity contribution in [2.24, 2.45) is 11.3 Å². The van der Waals surface area contributed by atoms with Gasteiger partial charge in [0.25, 0.3) is 0 Å². The molecule has 0 spiro atoms. The SMILES string of the molecule is CCCC(C)C(=O)CC(=O)C(C)(C)C. The Bertz CT molecular complexity index is 211. The van der Waals surface area contributed by atoms with Gasteiger partial charge in [-0.05, 0) is 6.42 Å². The fraction of sp³-hybridized carbons (Fsp3) is 0.833. The molecule has 0 aliphatic carbocycles. The van der Waals surface area contributed by atoms with Crippen molar-refractivity contribution in [3.8, 4) is 0 Å². The van der Waals surface area contributed by atoms with Crippen LogP contribution in [0.4, 0.5) is 0 Å². The van der Waals surface area contributed by atoms with Crippen molar-refractivity contribution in [3.05, 3.63) is 0 Å². The molecule has 1 unspecified atom stereocenters. The van der Waals surface area contributed by atoms with Gasteiger partial charge in [0.2, 0.25) is 0 Å². The van der Waals surface area contributed by atoms with E-state index in [1.165, 1.54) is 0 Å². The van der Waals surface area contributed by atoms with Crippen LogP contribution in [0.3, 0.4) is 0 Å². The van der Waals surface area contributed by atoms with E-state index in [0.29, 0.717) is 0 Å². The molecule has 0 heterocycles. The zero-order valence-corrected chi connectivity index (χ0v) is 10.0. The van der Waals surface area contributed by atoms with Crippen LogP contribution in [-0.2, 0) is 9.59 Å². The van der Waals surface area contributed by atoms with Crippen molar-refractivity contribution in [3.63, 3.8) is 0 Å². The molecule has 14 heavy (non-hydrogen) atoms. The molecule has 0 radical (unpaired) electrons. The van der Waals surface area contributed by atoms with E-state index >= 15 is 0 Å². The Morgan fingerprint density at radius 3 is 2.07 bits per heavy atom. The lowest BCUT2D eigenvalue weighted by atomic mass is 9.85. The first-order valence-electron chi connectivity index (χ1n) is 5.35. The van der Waals surface area contributed by atoms with Crippen LogP contribution in [0.5, 0.6) is 0 Å². The van der Waals surface area contributed by atoms with Crippen molar-refractivity contribution < 1.29 is 9.59 Å². The van der Waals surface area contributed by atoms with E-state index in [-0.39, 0.29) is 29.3 Å². The van der Waals surface area contributed by atoms with Gasteiger partial charge < -0.3 is 0 Å². The van der Waals surface area contributed by atoms with Gasteiger partial charge in [0.1, 0.15) is 11.6 Å². The van der Waals surface area contributed by atoms with Crippen LogP contribution in [0.1, 0.15) is 53.9 Å². The number of carbonyl (C=O) groups is 2. The second kappa shape index (κ2) is 5.28. The standard InChI is InChI=1S/C12H22O2/c1-6-7-9(2)10(13)8-11(14)12(3,4)5/h9H,6-8H2,1-5H3. The summed E-state index contributed by atoms with van der Waals surface area (Å²) in [7, 11) is 0. The summed E-state index contributed by atoms with van der Waals surface area (Å²) >= 11 is 0. The minimum absolute atomic E-state index is 0.0336. The van der Waals surface area contributed by atoms with E-state index in [2.05, 4.69) is 6.92 Å². The maximum absolute atomic E-state index is 11.6. The highest BCUT2D eigenvalue weighted by molar-refractivity contribution is 6.02. The maximum Gasteiger partial charge on any atom is 0.145 e. The molecule has 0 fully saturated rings. The molecule has 2 nitrogen and oxygen atoms in total. The Hall–Kier alpha value is -0.660. The summed E-state index contributed by atoms with van der Waals surface area (Å²) < 4.78 is 0. The Morgan fingerprint density at radius 2 is 1.71 bits per heavy atom. The number of ketones is 2. The van der Waals surface area contributed by atoms with Crippen LogP contribution < -0.4 is 0 Å². The third-order valence-electron chi connectivity index (χ3n) is 2.44. The predicted octanol–water partition coefficient (Wildman–Crippen LogP) is 3.00. The molecule has 0 saturated heterocycles. The average molecular weight is 198 g/mol. The molecule has 0 bridgehead atoms. The summed E-state index contributed by atoms with van der Waals surface area (Å²) in [6.07, 6.45) is 1.98. The lowest BCUT2D eigenvalue weighted by Gasteiger charge is -2.17. The third kappa shape index (κ3) is 4.54. The first-order valence-corrected chi connectivity index (χ1v) is 5.35. The van der Waals surface area contributed by atoms with Gasteiger partial charge >= 0.3 is 0 Å². The van der Waals surface area contributed by atoms with Gasteiger partial charge in [-0.25, -0.2) is 0 Å². The predicted molar refractivity (Wildman–Crippen MR) is 58.2 cm³/mol. The minimum Gasteiger partial charge on any atom is -0.299 e. The van der Waals surface area contributed by atoms with E-state index in [4.69, 9.17) is 0 Å². The van der Waals surface area contributed by atoms with Gasteiger partial charge in [-0.1, -0.05) is 41.0 Å². The lowest BCUT2D eigenvalue weighted by Crippen LogP contribution is -2.25. The number of hydrogen-bond donors (Lipinski definition) is 0. The number of hydrogen-bond acceptors (Lipinski definition) is 2. The second-order valence-corrected chi connectivity index (χ2v) is 5.01. The largest absolute Gasteiger partial charge is 0.299 e. The smallest absolute Gasteiger partial charge is 0.145 e. The van der Waals surface area contributed by atoms with E-state index in [1.807, 2.05) is 27.7 Å². The number of carbonyl (C=O) groups excluding carboxylic acids is 2. The van der Waals surface area contributed by atoms with Gasteiger partial charge in [0.05, 0.1) is 6.42 Å². The van der Waals surface area contributed by atoms with Crippen LogP contribution >= 0.6 is 0 Å². The molecule has 0 aromatic rings. The molecule has 0 aromatic heterocycles. The van der Waals surface area contributed by atoms with Gasteiger partial charge in [-0.15, -0.1) is 0 Å². The lowest BCUT2D eigenvalue weighted by molar-refractivity contribution is -0.133. The summed E-state index contributed by atoms with van der Waals surface area (Å²) in [4.78, 5) is 23.1. The molecule has 0 aliphatic heterocycles. The molecule has 2 heteroatoms. The van der Waals surface area contributed by atoms with Gasteiger partial charge in [0.15, 0.2) is 0 Å². The fourth-order valence-electron chi connectivity index (χ4n) is 1.19. The normalized spacial score (nSPS) is 13.8. The van der Waals surface area contributed by atoms with Crippen molar-refractivity contribution in [1.29, 1.82) is 0 Å². The molecule has 82 valence electrons. The molecule has 0 N–H and O–H groups in total. The highest BCUT2D eigenvalue weighted by atomic mass is 16.1. The van der Waals surface area contributed by atoms with Crippen LogP contribution in [0.25, 0.3) is 0 Å². The Balaban J connectivity index is 4.13. The highest BCUT2D eigenvalue weighted by Crippen LogP contribution is 2.19. The first-order chi connectivity index (χ1) is 6.29. The monoisotopic (exact) mass is 198 g/mol. The number of Topliss-reactive ketones (excluding diaryl/α,β-unsaturated/α-hetero) is 2. The molecule has 0 aromatic carbocycles. The van der Waals surface area contributed by atoms with E-state index < -0.39 is 0 Å². The Kier molecular flexibility index (Phi) is 5.03. The molecule has 0 saturated carbocycles. The van der Waals surface area contributed by atoms with Gasteiger partial charge in [-0.2, -0.15) is 0 Å².